The molecule has 0 saturated carbocycles. The van der Waals surface area contributed by atoms with Crippen LogP contribution in [0.3, 0.4) is 0 Å². The summed E-state index contributed by atoms with van der Waals surface area (Å²) >= 11 is 0. The van der Waals surface area contributed by atoms with Crippen molar-refractivity contribution in [3.8, 4) is 11.5 Å². The number of rotatable bonds is 12. The number of carbonyl (C=O) groups excluding carboxylic acids is 1. The van der Waals surface area contributed by atoms with Crippen LogP contribution < -0.4 is 19.1 Å². The zero-order valence-corrected chi connectivity index (χ0v) is 21.5. The Hall–Kier alpha value is -2.83. The number of ether oxygens (including phenoxy) is 2. The van der Waals surface area contributed by atoms with Crippen molar-refractivity contribution in [2.24, 2.45) is 0 Å². The van der Waals surface area contributed by atoms with Crippen molar-refractivity contribution in [1.29, 1.82) is 0 Å². The molecule has 0 spiro atoms. The predicted molar refractivity (Wildman–Crippen MR) is 130 cm³/mol. The van der Waals surface area contributed by atoms with E-state index in [-0.39, 0.29) is 30.7 Å². The van der Waals surface area contributed by atoms with Gasteiger partial charge in [0, 0.05) is 14.1 Å². The van der Waals surface area contributed by atoms with Crippen molar-refractivity contribution in [2.45, 2.75) is 24.8 Å². The third-order valence-electron chi connectivity index (χ3n) is 4.48. The second-order valence-corrected chi connectivity index (χ2v) is 11.9. The van der Waals surface area contributed by atoms with Gasteiger partial charge in [0.25, 0.3) is 0 Å². The topological polar surface area (TPSA) is 122 Å². The van der Waals surface area contributed by atoms with Crippen molar-refractivity contribution in [3.63, 3.8) is 0 Å². The number of nitrogens with one attached hydrogen (secondary N) is 1. The molecule has 10 nitrogen and oxygen atoms in total. The second-order valence-electron chi connectivity index (χ2n) is 7.89. The molecule has 0 aliphatic rings. The molecule has 1 amide bonds. The van der Waals surface area contributed by atoms with Gasteiger partial charge in [0.15, 0.2) is 0 Å². The van der Waals surface area contributed by atoms with E-state index < -0.39 is 26.0 Å². The lowest BCUT2D eigenvalue weighted by atomic mass is 10.3. The third-order valence-corrected chi connectivity index (χ3v) is 7.45. The van der Waals surface area contributed by atoms with Crippen LogP contribution in [0.4, 0.5) is 5.69 Å². The quantitative estimate of drug-likeness (QED) is 0.429. The molecule has 2 aromatic rings. The predicted octanol–water partition coefficient (Wildman–Crippen LogP) is 1.69. The fourth-order valence-corrected chi connectivity index (χ4v) is 4.59. The Kier molecular flexibility index (Phi) is 9.30. The van der Waals surface area contributed by atoms with Gasteiger partial charge in [-0.25, -0.2) is 21.1 Å². The normalized spacial score (nSPS) is 12.0. The number of carbonyl (C=O) groups is 1. The van der Waals surface area contributed by atoms with E-state index in [1.165, 1.54) is 38.4 Å². The molecule has 2 aromatic carbocycles. The van der Waals surface area contributed by atoms with E-state index in [0.717, 1.165) is 14.9 Å². The van der Waals surface area contributed by atoms with E-state index in [0.29, 0.717) is 17.2 Å². The van der Waals surface area contributed by atoms with Gasteiger partial charge in [-0.1, -0.05) is 0 Å². The lowest BCUT2D eigenvalue weighted by molar-refractivity contribution is -0.119. The molecule has 0 aliphatic carbocycles. The van der Waals surface area contributed by atoms with E-state index in [4.69, 9.17) is 9.47 Å². The van der Waals surface area contributed by atoms with Crippen LogP contribution in [0.25, 0.3) is 0 Å². The Morgan fingerprint density at radius 3 is 2.00 bits per heavy atom. The highest BCUT2D eigenvalue weighted by atomic mass is 32.2. The summed E-state index contributed by atoms with van der Waals surface area (Å²) in [5, 5.41) is 2.62. The van der Waals surface area contributed by atoms with Crippen LogP contribution in [-0.2, 0) is 24.8 Å². The maximum atomic E-state index is 12.3. The fourth-order valence-electron chi connectivity index (χ4n) is 2.83. The number of amides is 1. The molecule has 0 unspecified atom stereocenters. The maximum Gasteiger partial charge on any atom is 0.242 e. The van der Waals surface area contributed by atoms with Crippen LogP contribution in [-0.4, -0.2) is 73.2 Å². The highest BCUT2D eigenvalue weighted by molar-refractivity contribution is 7.92. The summed E-state index contributed by atoms with van der Waals surface area (Å²) in [5.41, 5.74) is 0.345. The lowest BCUT2D eigenvalue weighted by Crippen LogP contribution is -2.41. The van der Waals surface area contributed by atoms with Crippen LogP contribution in [0.1, 0.15) is 13.8 Å². The van der Waals surface area contributed by atoms with Crippen molar-refractivity contribution >= 4 is 31.6 Å². The first-order valence-electron chi connectivity index (χ1n) is 10.5. The van der Waals surface area contributed by atoms with Crippen LogP contribution in [0.15, 0.2) is 53.4 Å². The summed E-state index contributed by atoms with van der Waals surface area (Å²) in [7, 11) is -4.33. The van der Waals surface area contributed by atoms with Gasteiger partial charge < -0.3 is 14.8 Å². The SMILES string of the molecule is CC(C)Oc1ccc(N(CC(=O)NCCOc2ccc(S(=O)(=O)N(C)C)cc2)S(C)(=O)=O)cc1. The Balaban J connectivity index is 1.90. The van der Waals surface area contributed by atoms with Gasteiger partial charge in [-0.15, -0.1) is 0 Å². The number of hydrogen-bond acceptors (Lipinski definition) is 7. The molecule has 0 fully saturated rings. The molecule has 0 aliphatic heterocycles. The average Bonchev–Trinajstić information content (AvgIpc) is 2.75. The Bertz CT molecular complexity index is 1160. The summed E-state index contributed by atoms with van der Waals surface area (Å²) in [6.07, 6.45) is 1.01. The largest absolute Gasteiger partial charge is 0.492 e. The molecule has 0 heterocycles. The first-order chi connectivity index (χ1) is 15.8. The third kappa shape index (κ3) is 7.89. The number of nitrogens with zero attached hydrogens (tertiary/aromatic N) is 2. The van der Waals surface area contributed by atoms with E-state index >= 15 is 0 Å². The first-order valence-corrected chi connectivity index (χ1v) is 13.8. The molecule has 12 heteroatoms. The molecular weight excluding hydrogens is 482 g/mol. The zero-order valence-electron chi connectivity index (χ0n) is 19.9. The number of hydrogen-bond donors (Lipinski definition) is 1. The summed E-state index contributed by atoms with van der Waals surface area (Å²) in [5.74, 6) is 0.540. The van der Waals surface area contributed by atoms with E-state index in [1.807, 2.05) is 13.8 Å². The van der Waals surface area contributed by atoms with Crippen molar-refractivity contribution in [3.05, 3.63) is 48.5 Å². The highest BCUT2D eigenvalue weighted by Gasteiger charge is 2.21. The molecule has 1 N–H and O–H groups in total. The molecule has 0 bridgehead atoms. The molecule has 0 radical (unpaired) electrons. The Morgan fingerprint density at radius 2 is 1.50 bits per heavy atom. The maximum absolute atomic E-state index is 12.3. The summed E-state index contributed by atoms with van der Waals surface area (Å²) < 4.78 is 61.8. The number of anilines is 1. The van der Waals surface area contributed by atoms with Gasteiger partial charge in [0.1, 0.15) is 24.7 Å². The van der Waals surface area contributed by atoms with Gasteiger partial charge >= 0.3 is 0 Å². The number of sulfonamides is 2. The van der Waals surface area contributed by atoms with E-state index in [1.54, 1.807) is 24.3 Å². The van der Waals surface area contributed by atoms with E-state index in [9.17, 15) is 21.6 Å². The highest BCUT2D eigenvalue weighted by Crippen LogP contribution is 2.22. The average molecular weight is 514 g/mol. The second kappa shape index (κ2) is 11.5. The Morgan fingerprint density at radius 1 is 0.941 bits per heavy atom. The zero-order chi connectivity index (χ0) is 25.5. The summed E-state index contributed by atoms with van der Waals surface area (Å²) in [4.78, 5) is 12.5. The van der Waals surface area contributed by atoms with E-state index in [2.05, 4.69) is 5.32 Å². The monoisotopic (exact) mass is 513 g/mol. The van der Waals surface area contributed by atoms with Crippen LogP contribution >= 0.6 is 0 Å². The number of benzene rings is 2. The van der Waals surface area contributed by atoms with Gasteiger partial charge in [-0.2, -0.15) is 0 Å². The van der Waals surface area contributed by atoms with Gasteiger partial charge in [0.2, 0.25) is 26.0 Å². The van der Waals surface area contributed by atoms with Gasteiger partial charge in [-0.3, -0.25) is 9.10 Å². The molecule has 0 saturated heterocycles. The molecule has 2 rings (SSSR count). The lowest BCUT2D eigenvalue weighted by Gasteiger charge is -2.22. The van der Waals surface area contributed by atoms with Gasteiger partial charge in [-0.05, 0) is 62.4 Å². The minimum Gasteiger partial charge on any atom is -0.492 e. The minimum absolute atomic E-state index is 0.0196. The Labute approximate surface area is 201 Å². The molecule has 0 aromatic heterocycles. The van der Waals surface area contributed by atoms with Gasteiger partial charge in [0.05, 0.1) is 29.5 Å². The molecule has 0 atom stereocenters. The first kappa shape index (κ1) is 27.4. The van der Waals surface area contributed by atoms with Crippen LogP contribution in [0, 0.1) is 0 Å². The summed E-state index contributed by atoms with van der Waals surface area (Å²) in [6.45, 7) is 3.63. The molecule has 188 valence electrons. The van der Waals surface area contributed by atoms with Crippen molar-refractivity contribution in [2.75, 3.05) is 44.4 Å². The fraction of sp³-hybridized carbons (Fsp3) is 0.409. The van der Waals surface area contributed by atoms with Crippen molar-refractivity contribution < 1.29 is 31.1 Å². The standard InChI is InChI=1S/C22H31N3O7S2/c1-17(2)32-20-8-6-18(7-9-20)25(33(5,27)28)16-22(26)23-14-15-31-19-10-12-21(13-11-19)34(29,30)24(3)4/h6-13,17H,14-16H2,1-5H3,(H,23,26). The minimum atomic E-state index is -3.70. The summed E-state index contributed by atoms with van der Waals surface area (Å²) in [6, 6.07) is 12.4. The van der Waals surface area contributed by atoms with Crippen LogP contribution in [0.2, 0.25) is 0 Å². The molecule has 34 heavy (non-hydrogen) atoms. The van der Waals surface area contributed by atoms with Crippen LogP contribution in [0.5, 0.6) is 11.5 Å². The smallest absolute Gasteiger partial charge is 0.242 e. The molecular formula is C22H31N3O7S2. The van der Waals surface area contributed by atoms with Crippen molar-refractivity contribution in [1.82, 2.24) is 9.62 Å².